The fraction of sp³-hybridized carbons (Fsp3) is 0.118. The molecule has 0 bridgehead atoms. The molecular weight excluding hydrogens is 328 g/mol. The van der Waals surface area contributed by atoms with Crippen LogP contribution < -0.4 is 4.72 Å². The van der Waals surface area contributed by atoms with Gasteiger partial charge in [-0.2, -0.15) is 0 Å². The van der Waals surface area contributed by atoms with Gasteiger partial charge in [0, 0.05) is 17.0 Å². The SMILES string of the molecule is Cc1nc(-c2ccccc2)sc1CNS(=O)(=O)c1ccccc1. The summed E-state index contributed by atoms with van der Waals surface area (Å²) in [5.74, 6) is 0. The Labute approximate surface area is 139 Å². The van der Waals surface area contributed by atoms with Gasteiger partial charge >= 0.3 is 0 Å². The third-order valence-electron chi connectivity index (χ3n) is 3.39. The predicted molar refractivity (Wildman–Crippen MR) is 92.8 cm³/mol. The molecule has 0 aliphatic rings. The maximum atomic E-state index is 12.3. The molecule has 4 nitrogen and oxygen atoms in total. The zero-order valence-corrected chi connectivity index (χ0v) is 14.2. The van der Waals surface area contributed by atoms with Crippen molar-refractivity contribution >= 4 is 21.4 Å². The largest absolute Gasteiger partial charge is 0.241 e. The molecule has 23 heavy (non-hydrogen) atoms. The Kier molecular flexibility index (Phi) is 4.56. The zero-order valence-electron chi connectivity index (χ0n) is 12.6. The van der Waals surface area contributed by atoms with Crippen molar-refractivity contribution in [3.8, 4) is 10.6 Å². The van der Waals surface area contributed by atoms with Crippen molar-refractivity contribution in [2.45, 2.75) is 18.4 Å². The van der Waals surface area contributed by atoms with Gasteiger partial charge in [0.2, 0.25) is 10.0 Å². The Morgan fingerprint density at radius 3 is 2.26 bits per heavy atom. The Hall–Kier alpha value is -2.02. The molecule has 0 spiro atoms. The summed E-state index contributed by atoms with van der Waals surface area (Å²) in [6.07, 6.45) is 0. The van der Waals surface area contributed by atoms with Crippen molar-refractivity contribution < 1.29 is 8.42 Å². The van der Waals surface area contributed by atoms with E-state index >= 15 is 0 Å². The maximum absolute atomic E-state index is 12.3. The summed E-state index contributed by atoms with van der Waals surface area (Å²) in [7, 11) is -3.50. The van der Waals surface area contributed by atoms with Gasteiger partial charge in [0.05, 0.1) is 10.6 Å². The lowest BCUT2D eigenvalue weighted by Gasteiger charge is -2.05. The lowest BCUT2D eigenvalue weighted by molar-refractivity contribution is 0.581. The van der Waals surface area contributed by atoms with Crippen LogP contribution in [0.3, 0.4) is 0 Å². The lowest BCUT2D eigenvalue weighted by atomic mass is 10.2. The van der Waals surface area contributed by atoms with E-state index in [0.717, 1.165) is 21.1 Å². The van der Waals surface area contributed by atoms with E-state index in [2.05, 4.69) is 9.71 Å². The minimum absolute atomic E-state index is 0.244. The summed E-state index contributed by atoms with van der Waals surface area (Å²) >= 11 is 1.51. The molecule has 0 atom stereocenters. The molecule has 0 fully saturated rings. The van der Waals surface area contributed by atoms with Gasteiger partial charge in [0.25, 0.3) is 0 Å². The second kappa shape index (κ2) is 6.62. The minimum Gasteiger partial charge on any atom is -0.241 e. The number of hydrogen-bond donors (Lipinski definition) is 1. The van der Waals surface area contributed by atoms with Crippen LogP contribution in [0.2, 0.25) is 0 Å². The van der Waals surface area contributed by atoms with E-state index < -0.39 is 10.0 Å². The monoisotopic (exact) mass is 344 g/mol. The molecule has 0 radical (unpaired) electrons. The molecule has 1 heterocycles. The molecule has 3 rings (SSSR count). The molecule has 1 N–H and O–H groups in total. The summed E-state index contributed by atoms with van der Waals surface area (Å²) in [5, 5.41) is 0.900. The van der Waals surface area contributed by atoms with Crippen LogP contribution in [0.15, 0.2) is 65.6 Å². The van der Waals surface area contributed by atoms with E-state index in [1.54, 1.807) is 30.3 Å². The van der Waals surface area contributed by atoms with Crippen LogP contribution in [-0.4, -0.2) is 13.4 Å². The van der Waals surface area contributed by atoms with E-state index in [9.17, 15) is 8.42 Å². The van der Waals surface area contributed by atoms with Crippen LogP contribution in [0, 0.1) is 6.92 Å². The highest BCUT2D eigenvalue weighted by molar-refractivity contribution is 7.89. The Bertz CT molecular complexity index is 889. The van der Waals surface area contributed by atoms with Crippen LogP contribution in [0.5, 0.6) is 0 Å². The standard InChI is InChI=1S/C17H16N2O2S2/c1-13-16(22-17(19-13)14-8-4-2-5-9-14)12-18-23(20,21)15-10-6-3-7-11-15/h2-11,18H,12H2,1H3. The maximum Gasteiger partial charge on any atom is 0.240 e. The fourth-order valence-corrected chi connectivity index (χ4v) is 4.26. The van der Waals surface area contributed by atoms with Gasteiger partial charge in [-0.3, -0.25) is 0 Å². The lowest BCUT2D eigenvalue weighted by Crippen LogP contribution is -2.23. The van der Waals surface area contributed by atoms with Crippen molar-refractivity contribution in [2.75, 3.05) is 0 Å². The molecule has 2 aromatic carbocycles. The topological polar surface area (TPSA) is 59.1 Å². The fourth-order valence-electron chi connectivity index (χ4n) is 2.14. The Morgan fingerprint density at radius 2 is 1.61 bits per heavy atom. The minimum atomic E-state index is -3.50. The van der Waals surface area contributed by atoms with Gasteiger partial charge in [-0.05, 0) is 19.1 Å². The molecule has 6 heteroatoms. The smallest absolute Gasteiger partial charge is 0.240 e. The summed E-state index contributed by atoms with van der Waals surface area (Å²) in [4.78, 5) is 5.73. The quantitative estimate of drug-likeness (QED) is 0.769. The molecule has 0 amide bonds. The number of sulfonamides is 1. The summed E-state index contributed by atoms with van der Waals surface area (Å²) in [6, 6.07) is 18.2. The number of rotatable bonds is 5. The van der Waals surface area contributed by atoms with Crippen molar-refractivity contribution in [3.05, 3.63) is 71.2 Å². The first-order valence-corrected chi connectivity index (χ1v) is 9.43. The van der Waals surface area contributed by atoms with Gasteiger partial charge in [-0.1, -0.05) is 48.5 Å². The van der Waals surface area contributed by atoms with Crippen molar-refractivity contribution in [1.82, 2.24) is 9.71 Å². The molecule has 118 valence electrons. The van der Waals surface area contributed by atoms with Crippen LogP contribution in [-0.2, 0) is 16.6 Å². The van der Waals surface area contributed by atoms with Crippen LogP contribution in [0.4, 0.5) is 0 Å². The summed E-state index contributed by atoms with van der Waals surface area (Å²) in [6.45, 7) is 2.14. The molecule has 0 unspecified atom stereocenters. The molecule has 0 aliphatic carbocycles. The van der Waals surface area contributed by atoms with E-state index in [4.69, 9.17) is 0 Å². The average molecular weight is 344 g/mol. The number of nitrogens with zero attached hydrogens (tertiary/aromatic N) is 1. The summed E-state index contributed by atoms with van der Waals surface area (Å²) < 4.78 is 27.2. The Morgan fingerprint density at radius 1 is 1.00 bits per heavy atom. The van der Waals surface area contributed by atoms with Gasteiger partial charge in [0.1, 0.15) is 5.01 Å². The number of nitrogens with one attached hydrogen (secondary N) is 1. The highest BCUT2D eigenvalue weighted by Crippen LogP contribution is 2.27. The number of aryl methyl sites for hydroxylation is 1. The average Bonchev–Trinajstić information content (AvgIpc) is 2.96. The third kappa shape index (κ3) is 3.67. The first-order valence-electron chi connectivity index (χ1n) is 7.13. The Balaban J connectivity index is 1.78. The molecule has 1 aromatic heterocycles. The molecule has 0 saturated heterocycles. The van der Waals surface area contributed by atoms with Crippen molar-refractivity contribution in [3.63, 3.8) is 0 Å². The zero-order chi connectivity index (χ0) is 16.3. The normalized spacial score (nSPS) is 11.5. The predicted octanol–water partition coefficient (Wildman–Crippen LogP) is 3.60. The molecule has 3 aromatic rings. The number of thiazole rings is 1. The van der Waals surface area contributed by atoms with Crippen LogP contribution in [0.1, 0.15) is 10.6 Å². The molecular formula is C17H16N2O2S2. The van der Waals surface area contributed by atoms with Gasteiger partial charge in [-0.15, -0.1) is 11.3 Å². The number of hydrogen-bond acceptors (Lipinski definition) is 4. The summed E-state index contributed by atoms with van der Waals surface area (Å²) in [5.41, 5.74) is 1.89. The highest BCUT2D eigenvalue weighted by Gasteiger charge is 2.15. The third-order valence-corrected chi connectivity index (χ3v) is 6.01. The highest BCUT2D eigenvalue weighted by atomic mass is 32.2. The number of benzene rings is 2. The van der Waals surface area contributed by atoms with E-state index in [0.29, 0.717) is 0 Å². The van der Waals surface area contributed by atoms with E-state index in [1.165, 1.54) is 11.3 Å². The van der Waals surface area contributed by atoms with Gasteiger partial charge in [0.15, 0.2) is 0 Å². The van der Waals surface area contributed by atoms with E-state index in [1.807, 2.05) is 37.3 Å². The second-order valence-electron chi connectivity index (χ2n) is 5.03. The second-order valence-corrected chi connectivity index (χ2v) is 7.88. The molecule has 0 aliphatic heterocycles. The van der Waals surface area contributed by atoms with Crippen LogP contribution >= 0.6 is 11.3 Å². The van der Waals surface area contributed by atoms with Crippen molar-refractivity contribution in [2.24, 2.45) is 0 Å². The first kappa shape index (κ1) is 15.9. The van der Waals surface area contributed by atoms with Gasteiger partial charge in [-0.25, -0.2) is 18.1 Å². The van der Waals surface area contributed by atoms with Crippen LogP contribution in [0.25, 0.3) is 10.6 Å². The first-order chi connectivity index (χ1) is 11.1. The van der Waals surface area contributed by atoms with Crippen molar-refractivity contribution in [1.29, 1.82) is 0 Å². The van der Waals surface area contributed by atoms with Gasteiger partial charge < -0.3 is 0 Å². The molecule has 0 saturated carbocycles. The number of aromatic nitrogens is 1. The van der Waals surface area contributed by atoms with E-state index in [-0.39, 0.29) is 11.4 Å².